The molecule has 0 bridgehead atoms. The molecule has 0 saturated carbocycles. The van der Waals surface area contributed by atoms with E-state index < -0.39 is 11.2 Å². The summed E-state index contributed by atoms with van der Waals surface area (Å²) in [4.78, 5) is 33.8. The number of para-hydroxylation sites is 1. The van der Waals surface area contributed by atoms with Gasteiger partial charge in [-0.25, -0.2) is 4.79 Å². The van der Waals surface area contributed by atoms with Crippen LogP contribution in [0.5, 0.6) is 5.75 Å². The van der Waals surface area contributed by atoms with Crippen molar-refractivity contribution in [3.63, 3.8) is 0 Å². The number of anilines is 1. The third-order valence-electron chi connectivity index (χ3n) is 6.75. The maximum atomic E-state index is 13.8. The van der Waals surface area contributed by atoms with E-state index in [1.54, 1.807) is 13.1 Å². The molecule has 0 radical (unpaired) electrons. The van der Waals surface area contributed by atoms with Gasteiger partial charge in [0.2, 0.25) is 5.95 Å². The Kier molecular flexibility index (Phi) is 6.79. The zero-order chi connectivity index (χ0) is 25.9. The van der Waals surface area contributed by atoms with Crippen LogP contribution in [0.25, 0.3) is 11.2 Å². The number of ether oxygens (including phenoxy) is 1. The van der Waals surface area contributed by atoms with Crippen molar-refractivity contribution in [2.75, 3.05) is 24.6 Å². The number of benzene rings is 2. The maximum Gasteiger partial charge on any atom is 0.332 e. The first-order chi connectivity index (χ1) is 18.0. The van der Waals surface area contributed by atoms with Crippen molar-refractivity contribution in [3.05, 3.63) is 86.6 Å². The number of nitrogens with zero attached hydrogens (tertiary/aromatic N) is 6. The van der Waals surface area contributed by atoms with E-state index >= 15 is 0 Å². The van der Waals surface area contributed by atoms with Gasteiger partial charge in [0, 0.05) is 26.2 Å². The zero-order valence-electron chi connectivity index (χ0n) is 20.7. The first kappa shape index (κ1) is 24.3. The summed E-state index contributed by atoms with van der Waals surface area (Å²) < 4.78 is 10.2. The molecule has 5 rings (SSSR count). The van der Waals surface area contributed by atoms with Crippen LogP contribution in [0.2, 0.25) is 0 Å². The Bertz CT molecular complexity index is 1580. The number of hydrogen-bond acceptors (Lipinski definition) is 7. The van der Waals surface area contributed by atoms with E-state index in [1.807, 2.05) is 53.1 Å². The molecular formula is C27H29N7O3. The molecule has 0 amide bonds. The van der Waals surface area contributed by atoms with Gasteiger partial charge in [0.15, 0.2) is 11.2 Å². The van der Waals surface area contributed by atoms with Crippen LogP contribution >= 0.6 is 0 Å². The van der Waals surface area contributed by atoms with Gasteiger partial charge in [-0.1, -0.05) is 36.4 Å². The lowest BCUT2D eigenvalue weighted by Crippen LogP contribution is -2.44. The number of nitriles is 1. The minimum absolute atomic E-state index is 0.0102. The van der Waals surface area contributed by atoms with E-state index in [4.69, 9.17) is 15.5 Å². The van der Waals surface area contributed by atoms with Crippen LogP contribution in [0.3, 0.4) is 0 Å². The predicted octanol–water partition coefficient (Wildman–Crippen LogP) is 1.82. The first-order valence-corrected chi connectivity index (χ1v) is 12.3. The Morgan fingerprint density at radius 1 is 1.11 bits per heavy atom. The summed E-state index contributed by atoms with van der Waals surface area (Å²) in [5.74, 6) is 1.23. The predicted molar refractivity (Wildman–Crippen MR) is 141 cm³/mol. The molecule has 3 heterocycles. The monoisotopic (exact) mass is 499 g/mol. The lowest BCUT2D eigenvalue weighted by Gasteiger charge is -2.32. The Hall–Kier alpha value is -4.36. The highest BCUT2D eigenvalue weighted by atomic mass is 16.5. The molecule has 2 aromatic carbocycles. The Labute approximate surface area is 213 Å². The minimum atomic E-state index is -0.460. The third-order valence-corrected chi connectivity index (χ3v) is 6.75. The van der Waals surface area contributed by atoms with Crippen molar-refractivity contribution in [3.8, 4) is 11.8 Å². The van der Waals surface area contributed by atoms with Crippen LogP contribution in [-0.4, -0.2) is 44.4 Å². The highest BCUT2D eigenvalue weighted by molar-refractivity contribution is 5.75. The number of piperidine rings is 1. The smallest absolute Gasteiger partial charge is 0.332 e. The fraction of sp³-hybridized carbons (Fsp3) is 0.333. The summed E-state index contributed by atoms with van der Waals surface area (Å²) >= 11 is 0. The summed E-state index contributed by atoms with van der Waals surface area (Å²) in [5.41, 5.74) is 7.26. The second-order valence-electron chi connectivity index (χ2n) is 9.25. The largest absolute Gasteiger partial charge is 0.492 e. The number of aromatic nitrogens is 4. The molecule has 4 aromatic rings. The van der Waals surface area contributed by atoms with E-state index in [-0.39, 0.29) is 25.7 Å². The Morgan fingerprint density at radius 3 is 2.62 bits per heavy atom. The Balaban J connectivity index is 1.62. The highest BCUT2D eigenvalue weighted by Gasteiger charge is 2.26. The van der Waals surface area contributed by atoms with Gasteiger partial charge >= 0.3 is 5.69 Å². The fourth-order valence-corrected chi connectivity index (χ4v) is 4.85. The molecule has 10 nitrogen and oxygen atoms in total. The highest BCUT2D eigenvalue weighted by Crippen LogP contribution is 2.25. The average Bonchev–Trinajstić information content (AvgIpc) is 3.30. The average molecular weight is 500 g/mol. The topological polar surface area (TPSA) is 124 Å². The normalized spacial score (nSPS) is 15.6. The van der Waals surface area contributed by atoms with Crippen LogP contribution in [-0.2, 0) is 20.1 Å². The maximum absolute atomic E-state index is 13.8. The minimum Gasteiger partial charge on any atom is -0.492 e. The van der Waals surface area contributed by atoms with Crippen molar-refractivity contribution in [2.24, 2.45) is 12.8 Å². The number of fused-ring (bicyclic) bond motifs is 1. The quantitative estimate of drug-likeness (QED) is 0.411. The summed E-state index contributed by atoms with van der Waals surface area (Å²) in [6.45, 7) is 1.83. The van der Waals surface area contributed by atoms with Crippen LogP contribution in [0.4, 0.5) is 5.95 Å². The molecule has 0 spiro atoms. The SMILES string of the molecule is Cn1c(=O)n(CCOc2ccccc2)c(=O)c2c1nc(N1CCCC(N)C1)n2Cc1ccccc1C#N. The molecule has 2 N–H and O–H groups in total. The van der Waals surface area contributed by atoms with Crippen LogP contribution in [0.15, 0.2) is 64.2 Å². The number of imidazole rings is 1. The second kappa shape index (κ2) is 10.3. The van der Waals surface area contributed by atoms with Gasteiger partial charge in [0.25, 0.3) is 5.56 Å². The van der Waals surface area contributed by atoms with Crippen molar-refractivity contribution < 1.29 is 4.74 Å². The summed E-state index contributed by atoms with van der Waals surface area (Å²) in [6, 6.07) is 18.8. The fourth-order valence-electron chi connectivity index (χ4n) is 4.85. The molecule has 2 aromatic heterocycles. The molecule has 1 saturated heterocycles. The zero-order valence-corrected chi connectivity index (χ0v) is 20.7. The van der Waals surface area contributed by atoms with E-state index in [1.165, 1.54) is 9.13 Å². The van der Waals surface area contributed by atoms with Gasteiger partial charge in [-0.3, -0.25) is 18.5 Å². The van der Waals surface area contributed by atoms with Gasteiger partial charge in [-0.15, -0.1) is 0 Å². The molecule has 1 aliphatic rings. The first-order valence-electron chi connectivity index (χ1n) is 12.3. The van der Waals surface area contributed by atoms with Gasteiger partial charge < -0.3 is 15.4 Å². The lowest BCUT2D eigenvalue weighted by molar-refractivity contribution is 0.292. The molecular weight excluding hydrogens is 470 g/mol. The molecule has 1 unspecified atom stereocenters. The standard InChI is InChI=1S/C27H29N7O3/c1-31-24-23(25(35)33(27(31)36)14-15-37-22-11-3-2-4-12-22)34(17-20-9-6-5-8-19(20)16-28)26(30-24)32-13-7-10-21(29)18-32/h2-6,8-9,11-12,21H,7,10,13-15,17-18,29H2,1H3. The van der Waals surface area contributed by atoms with Crippen molar-refractivity contribution in [1.82, 2.24) is 18.7 Å². The molecule has 190 valence electrons. The number of aryl methyl sites for hydroxylation is 1. The van der Waals surface area contributed by atoms with Crippen molar-refractivity contribution in [2.45, 2.75) is 32.0 Å². The molecule has 0 aliphatic carbocycles. The van der Waals surface area contributed by atoms with Gasteiger partial charge in [-0.2, -0.15) is 10.2 Å². The van der Waals surface area contributed by atoms with E-state index in [2.05, 4.69) is 11.0 Å². The van der Waals surface area contributed by atoms with E-state index in [0.29, 0.717) is 35.0 Å². The number of rotatable bonds is 7. The van der Waals surface area contributed by atoms with Crippen LogP contribution in [0.1, 0.15) is 24.0 Å². The van der Waals surface area contributed by atoms with Gasteiger partial charge in [0.05, 0.1) is 24.7 Å². The molecule has 1 atom stereocenters. The van der Waals surface area contributed by atoms with Gasteiger partial charge in [0.1, 0.15) is 12.4 Å². The van der Waals surface area contributed by atoms with E-state index in [9.17, 15) is 14.9 Å². The summed E-state index contributed by atoms with van der Waals surface area (Å²) in [5, 5.41) is 9.66. The molecule has 37 heavy (non-hydrogen) atoms. The Morgan fingerprint density at radius 2 is 1.86 bits per heavy atom. The van der Waals surface area contributed by atoms with Crippen LogP contribution < -0.4 is 26.6 Å². The third kappa shape index (κ3) is 4.73. The molecule has 1 fully saturated rings. The summed E-state index contributed by atoms with van der Waals surface area (Å²) in [6.07, 6.45) is 1.82. The van der Waals surface area contributed by atoms with Crippen LogP contribution in [0, 0.1) is 11.3 Å². The second-order valence-corrected chi connectivity index (χ2v) is 9.25. The number of nitrogens with two attached hydrogens (primary N) is 1. The molecule has 10 heteroatoms. The van der Waals surface area contributed by atoms with Crippen molar-refractivity contribution in [1.29, 1.82) is 5.26 Å². The lowest BCUT2D eigenvalue weighted by atomic mass is 10.1. The van der Waals surface area contributed by atoms with Gasteiger partial charge in [-0.05, 0) is 36.6 Å². The van der Waals surface area contributed by atoms with Crippen molar-refractivity contribution >= 4 is 17.1 Å². The number of hydrogen-bond donors (Lipinski definition) is 1. The molecule has 1 aliphatic heterocycles. The van der Waals surface area contributed by atoms with E-state index in [0.717, 1.165) is 24.9 Å². The summed E-state index contributed by atoms with van der Waals surface area (Å²) in [7, 11) is 1.62.